The number of hydrogen-bond acceptors (Lipinski definition) is 3. The van der Waals surface area contributed by atoms with E-state index in [1.54, 1.807) is 24.5 Å². The molecule has 0 saturated carbocycles. The van der Waals surface area contributed by atoms with Crippen LogP contribution in [0, 0.1) is 5.92 Å². The van der Waals surface area contributed by atoms with Gasteiger partial charge in [-0.2, -0.15) is 0 Å². The van der Waals surface area contributed by atoms with Crippen molar-refractivity contribution in [3.8, 4) is 0 Å². The molecule has 4 nitrogen and oxygen atoms in total. The fourth-order valence-electron chi connectivity index (χ4n) is 2.60. The van der Waals surface area contributed by atoms with E-state index in [-0.39, 0.29) is 5.91 Å². The van der Waals surface area contributed by atoms with Gasteiger partial charge >= 0.3 is 0 Å². The average Bonchev–Trinajstić information content (AvgIpc) is 2.45. The molecule has 0 spiro atoms. The highest BCUT2D eigenvalue weighted by molar-refractivity contribution is 5.93. The number of hydrogen-bond donors (Lipinski definition) is 1. The lowest BCUT2D eigenvalue weighted by molar-refractivity contribution is 0.0917. The van der Waals surface area contributed by atoms with Crippen molar-refractivity contribution in [1.29, 1.82) is 0 Å². The number of nitrogens with zero attached hydrogens (tertiary/aromatic N) is 2. The quantitative estimate of drug-likeness (QED) is 0.901. The first-order valence-electron chi connectivity index (χ1n) is 7.09. The second kappa shape index (κ2) is 6.66. The highest BCUT2D eigenvalue weighted by Gasteiger charge is 2.21. The molecular formula is C15H23N3O. The van der Waals surface area contributed by atoms with Gasteiger partial charge in [0.2, 0.25) is 0 Å². The molecule has 104 valence electrons. The number of rotatable bonds is 4. The molecule has 0 radical (unpaired) electrons. The van der Waals surface area contributed by atoms with Crippen molar-refractivity contribution in [2.24, 2.45) is 5.92 Å². The highest BCUT2D eigenvalue weighted by atomic mass is 16.1. The molecular weight excluding hydrogens is 238 g/mol. The third-order valence-corrected chi connectivity index (χ3v) is 3.81. The molecule has 2 rings (SSSR count). The molecule has 4 heteroatoms. The van der Waals surface area contributed by atoms with Crippen LogP contribution in [-0.2, 0) is 0 Å². The van der Waals surface area contributed by atoms with E-state index in [9.17, 15) is 4.79 Å². The molecule has 0 bridgehead atoms. The number of piperidine rings is 1. The van der Waals surface area contributed by atoms with Crippen LogP contribution in [0.1, 0.15) is 37.0 Å². The Morgan fingerprint density at radius 1 is 1.53 bits per heavy atom. The molecule has 1 saturated heterocycles. The highest BCUT2D eigenvalue weighted by Crippen LogP contribution is 2.17. The predicted molar refractivity (Wildman–Crippen MR) is 76.0 cm³/mol. The zero-order chi connectivity index (χ0) is 13.7. The van der Waals surface area contributed by atoms with E-state index in [1.165, 1.54) is 12.8 Å². The summed E-state index contributed by atoms with van der Waals surface area (Å²) in [5.41, 5.74) is 0.675. The largest absolute Gasteiger partial charge is 0.350 e. The smallest absolute Gasteiger partial charge is 0.251 e. The molecule has 1 N–H and O–H groups in total. The number of aromatic nitrogens is 1. The van der Waals surface area contributed by atoms with Crippen LogP contribution < -0.4 is 5.32 Å². The minimum Gasteiger partial charge on any atom is -0.350 e. The van der Waals surface area contributed by atoms with Crippen LogP contribution in [0.5, 0.6) is 0 Å². The van der Waals surface area contributed by atoms with Gasteiger partial charge in [-0.05, 0) is 44.4 Å². The van der Waals surface area contributed by atoms with Gasteiger partial charge in [0.25, 0.3) is 5.91 Å². The molecule has 19 heavy (non-hydrogen) atoms. The Labute approximate surface area is 115 Å². The first-order chi connectivity index (χ1) is 9.16. The minimum atomic E-state index is -0.0145. The summed E-state index contributed by atoms with van der Waals surface area (Å²) in [6.07, 6.45) is 5.88. The molecule has 2 atom stereocenters. The Hall–Kier alpha value is -1.42. The van der Waals surface area contributed by atoms with Gasteiger partial charge in [-0.1, -0.05) is 6.92 Å². The first kappa shape index (κ1) is 14.0. The number of likely N-dealkylation sites (tertiary alicyclic amines) is 1. The van der Waals surface area contributed by atoms with Gasteiger partial charge in [-0.25, -0.2) is 0 Å². The Morgan fingerprint density at radius 2 is 2.26 bits per heavy atom. The summed E-state index contributed by atoms with van der Waals surface area (Å²) in [4.78, 5) is 18.3. The van der Waals surface area contributed by atoms with Crippen molar-refractivity contribution in [1.82, 2.24) is 15.2 Å². The van der Waals surface area contributed by atoms with Gasteiger partial charge in [0.1, 0.15) is 0 Å². The van der Waals surface area contributed by atoms with E-state index >= 15 is 0 Å². The molecule has 1 aromatic heterocycles. The normalized spacial score (nSPS) is 21.9. The molecule has 1 aliphatic heterocycles. The fourth-order valence-corrected chi connectivity index (χ4v) is 2.60. The summed E-state index contributed by atoms with van der Waals surface area (Å²) in [7, 11) is 0. The van der Waals surface area contributed by atoms with Crippen molar-refractivity contribution >= 4 is 5.91 Å². The van der Waals surface area contributed by atoms with Crippen molar-refractivity contribution in [3.05, 3.63) is 30.1 Å². The molecule has 2 heterocycles. The number of amides is 1. The Balaban J connectivity index is 1.80. The number of pyridine rings is 1. The van der Waals surface area contributed by atoms with E-state index < -0.39 is 0 Å². The SMILES string of the molecule is C[C@@H]1CCCN([C@@H](C)CNC(=O)c2ccncc2)C1. The standard InChI is InChI=1S/C15H23N3O/c1-12-4-3-9-18(11-12)13(2)10-17-15(19)14-5-7-16-8-6-14/h5-8,12-13H,3-4,9-11H2,1-2H3,(H,17,19)/t12-,13+/m1/s1. The topological polar surface area (TPSA) is 45.2 Å². The lowest BCUT2D eigenvalue weighted by Gasteiger charge is -2.35. The molecule has 0 unspecified atom stereocenters. The third-order valence-electron chi connectivity index (χ3n) is 3.81. The fraction of sp³-hybridized carbons (Fsp3) is 0.600. The minimum absolute atomic E-state index is 0.0145. The number of carbonyl (C=O) groups is 1. The predicted octanol–water partition coefficient (Wildman–Crippen LogP) is 1.93. The monoisotopic (exact) mass is 261 g/mol. The maximum atomic E-state index is 11.9. The first-order valence-corrected chi connectivity index (χ1v) is 7.09. The second-order valence-electron chi connectivity index (χ2n) is 5.54. The summed E-state index contributed by atoms with van der Waals surface area (Å²) in [6, 6.07) is 3.87. The lowest BCUT2D eigenvalue weighted by Crippen LogP contribution is -2.46. The van der Waals surface area contributed by atoms with E-state index in [0.29, 0.717) is 18.2 Å². The van der Waals surface area contributed by atoms with Gasteiger partial charge in [-0.15, -0.1) is 0 Å². The van der Waals surface area contributed by atoms with Gasteiger partial charge in [-0.3, -0.25) is 14.7 Å². The summed E-state index contributed by atoms with van der Waals surface area (Å²) in [5, 5.41) is 3.00. The molecule has 0 aliphatic carbocycles. The van der Waals surface area contributed by atoms with E-state index in [4.69, 9.17) is 0 Å². The van der Waals surface area contributed by atoms with Gasteiger partial charge in [0.15, 0.2) is 0 Å². The Bertz CT molecular complexity index is 407. The lowest BCUT2D eigenvalue weighted by atomic mass is 9.99. The second-order valence-corrected chi connectivity index (χ2v) is 5.54. The van der Waals surface area contributed by atoms with Crippen LogP contribution in [0.2, 0.25) is 0 Å². The number of carbonyl (C=O) groups excluding carboxylic acids is 1. The number of nitrogens with one attached hydrogen (secondary N) is 1. The summed E-state index contributed by atoms with van der Waals surface area (Å²) in [5.74, 6) is 0.756. The van der Waals surface area contributed by atoms with Gasteiger partial charge < -0.3 is 5.32 Å². The van der Waals surface area contributed by atoms with Crippen molar-refractivity contribution < 1.29 is 4.79 Å². The molecule has 1 aliphatic rings. The van der Waals surface area contributed by atoms with Gasteiger partial charge in [0, 0.05) is 37.1 Å². The van der Waals surface area contributed by atoms with Crippen molar-refractivity contribution in [3.63, 3.8) is 0 Å². The molecule has 1 amide bonds. The van der Waals surface area contributed by atoms with Crippen LogP contribution in [0.15, 0.2) is 24.5 Å². The van der Waals surface area contributed by atoms with Crippen LogP contribution in [0.25, 0.3) is 0 Å². The van der Waals surface area contributed by atoms with Crippen molar-refractivity contribution in [2.45, 2.75) is 32.7 Å². The Morgan fingerprint density at radius 3 is 2.95 bits per heavy atom. The third kappa shape index (κ3) is 4.03. The zero-order valence-corrected chi connectivity index (χ0v) is 11.8. The summed E-state index contributed by atoms with van der Waals surface area (Å²) in [6.45, 7) is 7.48. The maximum absolute atomic E-state index is 11.9. The Kier molecular flexibility index (Phi) is 4.91. The van der Waals surface area contributed by atoms with Crippen LogP contribution in [0.4, 0.5) is 0 Å². The zero-order valence-electron chi connectivity index (χ0n) is 11.8. The summed E-state index contributed by atoms with van der Waals surface area (Å²) >= 11 is 0. The van der Waals surface area contributed by atoms with Gasteiger partial charge in [0.05, 0.1) is 0 Å². The summed E-state index contributed by atoms with van der Waals surface area (Å²) < 4.78 is 0. The molecule has 0 aromatic carbocycles. The van der Waals surface area contributed by atoms with Crippen LogP contribution in [-0.4, -0.2) is 41.5 Å². The average molecular weight is 261 g/mol. The van der Waals surface area contributed by atoms with E-state index in [0.717, 1.165) is 19.0 Å². The van der Waals surface area contributed by atoms with E-state index in [1.807, 2.05) is 0 Å². The van der Waals surface area contributed by atoms with Crippen LogP contribution >= 0.6 is 0 Å². The molecule has 1 aromatic rings. The van der Waals surface area contributed by atoms with E-state index in [2.05, 4.69) is 29.0 Å². The maximum Gasteiger partial charge on any atom is 0.251 e. The van der Waals surface area contributed by atoms with Crippen LogP contribution in [0.3, 0.4) is 0 Å². The van der Waals surface area contributed by atoms with Crippen molar-refractivity contribution in [2.75, 3.05) is 19.6 Å². The molecule has 1 fully saturated rings.